The number of rotatable bonds is 4. The van der Waals surface area contributed by atoms with Crippen molar-refractivity contribution in [3.8, 4) is 0 Å². The Morgan fingerprint density at radius 1 is 1.18 bits per heavy atom. The number of carbonyl (C=O) groups is 1. The number of hydrogen-bond donors (Lipinski definition) is 1. The van der Waals surface area contributed by atoms with Crippen LogP contribution in [-0.4, -0.2) is 62.0 Å². The van der Waals surface area contributed by atoms with Crippen LogP contribution in [0.25, 0.3) is 0 Å². The van der Waals surface area contributed by atoms with Gasteiger partial charge in [-0.05, 0) is 25.4 Å². The number of piperazine rings is 1. The van der Waals surface area contributed by atoms with Gasteiger partial charge in [-0.1, -0.05) is 20.8 Å². The van der Waals surface area contributed by atoms with Gasteiger partial charge in [0.05, 0.1) is 6.54 Å². The van der Waals surface area contributed by atoms with Gasteiger partial charge in [-0.15, -0.1) is 0 Å². The number of likely N-dealkylation sites (N-methyl/N-ethyl adjacent to an activating group) is 1. The largest absolute Gasteiger partial charge is 0.339 e. The van der Waals surface area contributed by atoms with E-state index in [1.807, 2.05) is 4.90 Å². The first-order valence-corrected chi connectivity index (χ1v) is 6.55. The molecule has 0 bridgehead atoms. The molecule has 4 nitrogen and oxygen atoms in total. The minimum atomic E-state index is 0.243. The van der Waals surface area contributed by atoms with E-state index in [0.29, 0.717) is 12.0 Å². The summed E-state index contributed by atoms with van der Waals surface area (Å²) in [7, 11) is 2.10. The normalized spacial score (nSPS) is 18.5. The van der Waals surface area contributed by atoms with Gasteiger partial charge in [0.1, 0.15) is 0 Å². The van der Waals surface area contributed by atoms with Gasteiger partial charge in [-0.2, -0.15) is 0 Å². The van der Waals surface area contributed by atoms with Crippen LogP contribution in [0, 0.1) is 5.41 Å². The number of carbonyl (C=O) groups excluding carboxylic acids is 1. The molecule has 0 aromatic heterocycles. The van der Waals surface area contributed by atoms with E-state index in [9.17, 15) is 4.79 Å². The molecule has 1 amide bonds. The lowest BCUT2D eigenvalue weighted by Gasteiger charge is -2.32. The average Bonchev–Trinajstić information content (AvgIpc) is 2.24. The van der Waals surface area contributed by atoms with Crippen molar-refractivity contribution in [3.05, 3.63) is 0 Å². The molecular weight excluding hydrogens is 214 g/mol. The Kier molecular flexibility index (Phi) is 5.40. The molecule has 0 spiro atoms. The molecule has 1 heterocycles. The molecule has 1 fully saturated rings. The smallest absolute Gasteiger partial charge is 0.236 e. The highest BCUT2D eigenvalue weighted by atomic mass is 16.2. The molecule has 1 aliphatic rings. The van der Waals surface area contributed by atoms with Crippen LogP contribution >= 0.6 is 0 Å². The molecule has 0 aromatic rings. The van der Waals surface area contributed by atoms with Gasteiger partial charge in [0.15, 0.2) is 0 Å². The van der Waals surface area contributed by atoms with Crippen LogP contribution in [0.2, 0.25) is 0 Å². The lowest BCUT2D eigenvalue weighted by Crippen LogP contribution is -2.49. The summed E-state index contributed by atoms with van der Waals surface area (Å²) < 4.78 is 0. The van der Waals surface area contributed by atoms with Crippen LogP contribution < -0.4 is 5.32 Å². The van der Waals surface area contributed by atoms with Crippen LogP contribution in [-0.2, 0) is 4.79 Å². The number of amides is 1. The predicted molar refractivity (Wildman–Crippen MR) is 71.0 cm³/mol. The molecule has 4 heteroatoms. The van der Waals surface area contributed by atoms with Crippen molar-refractivity contribution in [3.63, 3.8) is 0 Å². The maximum atomic E-state index is 11.9. The summed E-state index contributed by atoms with van der Waals surface area (Å²) >= 11 is 0. The van der Waals surface area contributed by atoms with E-state index < -0.39 is 0 Å². The molecule has 1 rings (SSSR count). The second kappa shape index (κ2) is 6.36. The van der Waals surface area contributed by atoms with Gasteiger partial charge in [0, 0.05) is 26.2 Å². The van der Waals surface area contributed by atoms with E-state index >= 15 is 0 Å². The van der Waals surface area contributed by atoms with E-state index in [-0.39, 0.29) is 5.91 Å². The fraction of sp³-hybridized carbons (Fsp3) is 0.923. The number of nitrogens with zero attached hydrogens (tertiary/aromatic N) is 2. The van der Waals surface area contributed by atoms with Gasteiger partial charge in [-0.25, -0.2) is 0 Å². The molecule has 0 saturated carbocycles. The van der Waals surface area contributed by atoms with Crippen LogP contribution in [0.4, 0.5) is 0 Å². The first kappa shape index (κ1) is 14.5. The highest BCUT2D eigenvalue weighted by molar-refractivity contribution is 5.78. The molecule has 1 saturated heterocycles. The van der Waals surface area contributed by atoms with Gasteiger partial charge < -0.3 is 15.1 Å². The summed E-state index contributed by atoms with van der Waals surface area (Å²) in [6, 6.07) is 0. The molecule has 0 aromatic carbocycles. The van der Waals surface area contributed by atoms with Crippen molar-refractivity contribution in [1.29, 1.82) is 0 Å². The molecule has 1 N–H and O–H groups in total. The van der Waals surface area contributed by atoms with Gasteiger partial charge >= 0.3 is 0 Å². The zero-order valence-electron chi connectivity index (χ0n) is 11.8. The van der Waals surface area contributed by atoms with Gasteiger partial charge in [0.2, 0.25) is 5.91 Å². The topological polar surface area (TPSA) is 35.6 Å². The Balaban J connectivity index is 2.13. The zero-order chi connectivity index (χ0) is 12.9. The monoisotopic (exact) mass is 241 g/mol. The molecular formula is C13H27N3O. The highest BCUT2D eigenvalue weighted by Crippen LogP contribution is 2.16. The Labute approximate surface area is 105 Å². The van der Waals surface area contributed by atoms with Crippen LogP contribution in [0.5, 0.6) is 0 Å². The summed E-state index contributed by atoms with van der Waals surface area (Å²) in [5.41, 5.74) is 0.337. The minimum Gasteiger partial charge on any atom is -0.339 e. The van der Waals surface area contributed by atoms with E-state index in [2.05, 4.69) is 38.0 Å². The predicted octanol–water partition coefficient (Wildman–Crippen LogP) is 0.786. The van der Waals surface area contributed by atoms with Crippen molar-refractivity contribution < 1.29 is 4.79 Å². The summed E-state index contributed by atoms with van der Waals surface area (Å²) in [5.74, 6) is 0.243. The van der Waals surface area contributed by atoms with E-state index in [1.165, 1.54) is 0 Å². The third-order valence-electron chi connectivity index (χ3n) is 3.18. The van der Waals surface area contributed by atoms with Crippen LogP contribution in [0.3, 0.4) is 0 Å². The molecule has 0 unspecified atom stereocenters. The zero-order valence-corrected chi connectivity index (χ0v) is 11.8. The molecule has 0 aliphatic carbocycles. The SMILES string of the molecule is CN1CCN(C(=O)CNCCC(C)(C)C)CC1. The standard InChI is InChI=1S/C13H27N3O/c1-13(2,3)5-6-14-11-12(17)16-9-7-15(4)8-10-16/h14H,5-11H2,1-4H3. The van der Waals surface area contributed by atoms with Crippen molar-refractivity contribution in [2.75, 3.05) is 46.3 Å². The molecule has 0 radical (unpaired) electrons. The Morgan fingerprint density at radius 3 is 2.29 bits per heavy atom. The maximum absolute atomic E-state index is 11.9. The lowest BCUT2D eigenvalue weighted by atomic mass is 9.92. The second-order valence-electron chi connectivity index (χ2n) is 6.17. The fourth-order valence-corrected chi connectivity index (χ4v) is 1.83. The van der Waals surface area contributed by atoms with E-state index in [4.69, 9.17) is 0 Å². The second-order valence-corrected chi connectivity index (χ2v) is 6.17. The Morgan fingerprint density at radius 2 is 1.76 bits per heavy atom. The molecule has 0 atom stereocenters. The molecule has 100 valence electrons. The first-order chi connectivity index (χ1) is 7.88. The first-order valence-electron chi connectivity index (χ1n) is 6.55. The van der Waals surface area contributed by atoms with Crippen molar-refractivity contribution in [2.24, 2.45) is 5.41 Å². The molecule has 1 aliphatic heterocycles. The maximum Gasteiger partial charge on any atom is 0.236 e. The van der Waals surface area contributed by atoms with E-state index in [0.717, 1.165) is 39.1 Å². The quantitative estimate of drug-likeness (QED) is 0.739. The van der Waals surface area contributed by atoms with Crippen LogP contribution in [0.15, 0.2) is 0 Å². The fourth-order valence-electron chi connectivity index (χ4n) is 1.83. The van der Waals surface area contributed by atoms with Gasteiger partial charge in [-0.3, -0.25) is 4.79 Å². The number of hydrogen-bond acceptors (Lipinski definition) is 3. The summed E-state index contributed by atoms with van der Waals surface area (Å²) in [4.78, 5) is 16.1. The Bertz CT molecular complexity index is 240. The van der Waals surface area contributed by atoms with Crippen LogP contribution in [0.1, 0.15) is 27.2 Å². The van der Waals surface area contributed by atoms with Crippen molar-refractivity contribution in [2.45, 2.75) is 27.2 Å². The van der Waals surface area contributed by atoms with Crippen molar-refractivity contribution in [1.82, 2.24) is 15.1 Å². The summed E-state index contributed by atoms with van der Waals surface area (Å²) in [6.07, 6.45) is 1.10. The third kappa shape index (κ3) is 6.03. The van der Waals surface area contributed by atoms with Gasteiger partial charge in [0.25, 0.3) is 0 Å². The van der Waals surface area contributed by atoms with E-state index in [1.54, 1.807) is 0 Å². The average molecular weight is 241 g/mol. The third-order valence-corrected chi connectivity index (χ3v) is 3.18. The summed E-state index contributed by atoms with van der Waals surface area (Å²) in [5, 5.41) is 3.25. The Hall–Kier alpha value is -0.610. The molecule has 17 heavy (non-hydrogen) atoms. The van der Waals surface area contributed by atoms with Crippen molar-refractivity contribution >= 4 is 5.91 Å². The highest BCUT2D eigenvalue weighted by Gasteiger charge is 2.18. The number of nitrogens with one attached hydrogen (secondary N) is 1. The minimum absolute atomic E-state index is 0.243. The summed E-state index contributed by atoms with van der Waals surface area (Å²) in [6.45, 7) is 11.8. The lowest BCUT2D eigenvalue weighted by molar-refractivity contribution is -0.131.